The topological polar surface area (TPSA) is 12.5 Å². The van der Waals surface area contributed by atoms with Crippen molar-refractivity contribution in [3.8, 4) is 0 Å². The average Bonchev–Trinajstić information content (AvgIpc) is 2.04. The van der Waals surface area contributed by atoms with E-state index in [0.29, 0.717) is 0 Å². The Bertz CT molecular complexity index is 151. The molecule has 4 heteroatoms. The second kappa shape index (κ2) is 7.59. The van der Waals surface area contributed by atoms with E-state index in [1.54, 1.807) is 11.8 Å². The lowest BCUT2D eigenvalue weighted by Gasteiger charge is -2.17. The van der Waals surface area contributed by atoms with Crippen LogP contribution in [0, 0.1) is 0 Å². The van der Waals surface area contributed by atoms with Gasteiger partial charge in [-0.1, -0.05) is 37.3 Å². The van der Waals surface area contributed by atoms with Crippen LogP contribution in [0.3, 0.4) is 0 Å². The van der Waals surface area contributed by atoms with Crippen LogP contribution in [-0.4, -0.2) is 35.4 Å². The van der Waals surface area contributed by atoms with Crippen molar-refractivity contribution in [2.24, 2.45) is 0 Å². The van der Waals surface area contributed by atoms with Crippen molar-refractivity contribution in [1.29, 1.82) is 0 Å². The first-order chi connectivity index (χ1) is 6.07. The molecule has 0 aromatic heterocycles. The molecule has 0 heterocycles. The fourth-order valence-electron chi connectivity index (χ4n) is 0.675. The number of ether oxygens (including phenoxy) is 1. The summed E-state index contributed by atoms with van der Waals surface area (Å²) in [6.45, 7) is 5.03. The van der Waals surface area contributed by atoms with Crippen molar-refractivity contribution in [2.45, 2.75) is 32.1 Å². The number of rotatable bonds is 5. The highest BCUT2D eigenvalue weighted by Gasteiger charge is 2.07. The fraction of sp³-hybridized carbons (Fsp3) is 0.889. The zero-order valence-electron chi connectivity index (χ0n) is 8.87. The largest absolute Gasteiger partial charge is 0.367 e. The summed E-state index contributed by atoms with van der Waals surface area (Å²) in [5, 5.41) is 0. The van der Waals surface area contributed by atoms with Crippen LogP contribution in [-0.2, 0) is 4.74 Å². The standard InChI is InChI=1S/C9H19NOS2/c1-5-6-7-11-8(2)13-9(12)10(3)4/h8H,5-7H2,1-4H3. The average molecular weight is 221 g/mol. The van der Waals surface area contributed by atoms with Crippen LogP contribution in [0.5, 0.6) is 0 Å². The van der Waals surface area contributed by atoms with Gasteiger partial charge in [0.2, 0.25) is 0 Å². The summed E-state index contributed by atoms with van der Waals surface area (Å²) in [6.07, 6.45) is 2.30. The molecule has 0 aromatic rings. The van der Waals surface area contributed by atoms with E-state index in [1.807, 2.05) is 25.9 Å². The molecular formula is C9H19NOS2. The second-order valence-electron chi connectivity index (χ2n) is 3.07. The quantitative estimate of drug-likeness (QED) is 0.402. The third kappa shape index (κ3) is 7.28. The van der Waals surface area contributed by atoms with Gasteiger partial charge in [0.25, 0.3) is 0 Å². The molecule has 0 aromatic carbocycles. The lowest BCUT2D eigenvalue weighted by molar-refractivity contribution is 0.122. The zero-order valence-corrected chi connectivity index (χ0v) is 10.5. The normalized spacial score (nSPS) is 12.6. The minimum absolute atomic E-state index is 0.168. The highest BCUT2D eigenvalue weighted by molar-refractivity contribution is 8.23. The summed E-state index contributed by atoms with van der Waals surface area (Å²) < 4.78 is 6.43. The third-order valence-electron chi connectivity index (χ3n) is 1.48. The summed E-state index contributed by atoms with van der Waals surface area (Å²) in [4.78, 5) is 1.93. The lowest BCUT2D eigenvalue weighted by atomic mass is 10.4. The van der Waals surface area contributed by atoms with Crippen LogP contribution in [0.2, 0.25) is 0 Å². The van der Waals surface area contributed by atoms with Crippen LogP contribution in [0.15, 0.2) is 0 Å². The van der Waals surface area contributed by atoms with E-state index in [4.69, 9.17) is 17.0 Å². The zero-order chi connectivity index (χ0) is 10.3. The van der Waals surface area contributed by atoms with Crippen LogP contribution in [0.25, 0.3) is 0 Å². The van der Waals surface area contributed by atoms with Gasteiger partial charge < -0.3 is 9.64 Å². The Kier molecular flexibility index (Phi) is 7.71. The molecule has 13 heavy (non-hydrogen) atoms. The van der Waals surface area contributed by atoms with Gasteiger partial charge >= 0.3 is 0 Å². The number of hydrogen-bond acceptors (Lipinski definition) is 3. The molecule has 0 aliphatic rings. The molecule has 0 aliphatic carbocycles. The summed E-state index contributed by atoms with van der Waals surface area (Å²) in [5.41, 5.74) is 0.168. The number of hydrogen-bond donors (Lipinski definition) is 0. The summed E-state index contributed by atoms with van der Waals surface area (Å²) in [5.74, 6) is 0. The van der Waals surface area contributed by atoms with Crippen molar-refractivity contribution in [2.75, 3.05) is 20.7 Å². The van der Waals surface area contributed by atoms with E-state index in [1.165, 1.54) is 6.42 Å². The molecule has 1 unspecified atom stereocenters. The number of nitrogens with zero attached hydrogens (tertiary/aromatic N) is 1. The molecule has 2 nitrogen and oxygen atoms in total. The van der Waals surface area contributed by atoms with Gasteiger partial charge in [-0.3, -0.25) is 0 Å². The van der Waals surface area contributed by atoms with Crippen molar-refractivity contribution in [1.82, 2.24) is 4.90 Å². The number of unbranched alkanes of at least 4 members (excludes halogenated alkanes) is 1. The Hall–Kier alpha value is 0.200. The number of thiocarbonyl (C=S) groups is 1. The molecule has 1 atom stereocenters. The highest BCUT2D eigenvalue weighted by atomic mass is 32.2. The van der Waals surface area contributed by atoms with Crippen LogP contribution >= 0.6 is 24.0 Å². The third-order valence-corrected chi connectivity index (χ3v) is 3.17. The van der Waals surface area contributed by atoms with Gasteiger partial charge in [-0.15, -0.1) is 0 Å². The molecule has 0 bridgehead atoms. The Morgan fingerprint density at radius 1 is 1.54 bits per heavy atom. The molecule has 0 N–H and O–H groups in total. The van der Waals surface area contributed by atoms with Crippen molar-refractivity contribution in [3.05, 3.63) is 0 Å². The molecule has 0 saturated heterocycles. The van der Waals surface area contributed by atoms with Crippen molar-refractivity contribution >= 4 is 28.3 Å². The smallest absolute Gasteiger partial charge is 0.138 e. The van der Waals surface area contributed by atoms with Gasteiger partial charge in [0, 0.05) is 20.7 Å². The first kappa shape index (κ1) is 13.2. The molecular weight excluding hydrogens is 202 g/mol. The lowest BCUT2D eigenvalue weighted by Crippen LogP contribution is -2.19. The van der Waals surface area contributed by atoms with Gasteiger partial charge in [0.05, 0.1) is 0 Å². The molecule has 0 radical (unpaired) electrons. The van der Waals surface area contributed by atoms with E-state index in [2.05, 4.69) is 6.92 Å². The maximum absolute atomic E-state index is 5.55. The van der Waals surface area contributed by atoms with E-state index in [-0.39, 0.29) is 5.44 Å². The van der Waals surface area contributed by atoms with Gasteiger partial charge in [-0.25, -0.2) is 0 Å². The molecule has 0 saturated carbocycles. The maximum Gasteiger partial charge on any atom is 0.138 e. The second-order valence-corrected chi connectivity index (χ2v) is 5.00. The maximum atomic E-state index is 5.55. The molecule has 0 rings (SSSR count). The fourth-order valence-corrected chi connectivity index (χ4v) is 1.74. The van der Waals surface area contributed by atoms with Gasteiger partial charge in [0.1, 0.15) is 9.76 Å². The monoisotopic (exact) mass is 221 g/mol. The van der Waals surface area contributed by atoms with Gasteiger partial charge in [0.15, 0.2) is 0 Å². The predicted molar refractivity (Wildman–Crippen MR) is 64.2 cm³/mol. The Labute approximate surface area is 91.0 Å². The van der Waals surface area contributed by atoms with Crippen LogP contribution < -0.4 is 0 Å². The van der Waals surface area contributed by atoms with Crippen LogP contribution in [0.1, 0.15) is 26.7 Å². The summed E-state index contributed by atoms with van der Waals surface area (Å²) >= 11 is 6.74. The van der Waals surface area contributed by atoms with E-state index in [9.17, 15) is 0 Å². The Morgan fingerprint density at radius 3 is 2.62 bits per heavy atom. The summed E-state index contributed by atoms with van der Waals surface area (Å²) in [6, 6.07) is 0. The minimum Gasteiger partial charge on any atom is -0.367 e. The minimum atomic E-state index is 0.168. The van der Waals surface area contributed by atoms with Crippen molar-refractivity contribution in [3.63, 3.8) is 0 Å². The SMILES string of the molecule is CCCCOC(C)SC(=S)N(C)C. The van der Waals surface area contributed by atoms with Gasteiger partial charge in [-0.2, -0.15) is 0 Å². The predicted octanol–water partition coefficient (Wildman–Crippen LogP) is 2.73. The first-order valence-corrected chi connectivity index (χ1v) is 5.86. The Balaban J connectivity index is 3.50. The molecule has 0 amide bonds. The number of thioether (sulfide) groups is 1. The summed E-state index contributed by atoms with van der Waals surface area (Å²) in [7, 11) is 3.90. The first-order valence-electron chi connectivity index (χ1n) is 4.57. The van der Waals surface area contributed by atoms with E-state index in [0.717, 1.165) is 17.3 Å². The molecule has 0 fully saturated rings. The molecule has 0 aliphatic heterocycles. The van der Waals surface area contributed by atoms with Crippen molar-refractivity contribution < 1.29 is 4.74 Å². The molecule has 0 spiro atoms. The highest BCUT2D eigenvalue weighted by Crippen LogP contribution is 2.15. The van der Waals surface area contributed by atoms with E-state index >= 15 is 0 Å². The Morgan fingerprint density at radius 2 is 2.15 bits per heavy atom. The van der Waals surface area contributed by atoms with E-state index < -0.39 is 0 Å². The van der Waals surface area contributed by atoms with Gasteiger partial charge in [-0.05, 0) is 13.3 Å². The van der Waals surface area contributed by atoms with Crippen LogP contribution in [0.4, 0.5) is 0 Å². The molecule has 78 valence electrons.